The Morgan fingerprint density at radius 2 is 1.71 bits per heavy atom. The van der Waals surface area contributed by atoms with Crippen molar-refractivity contribution in [1.82, 2.24) is 0 Å². The molecule has 0 aromatic carbocycles. The second-order valence-corrected chi connectivity index (χ2v) is 13.4. The van der Waals surface area contributed by atoms with Crippen molar-refractivity contribution in [3.05, 3.63) is 0 Å². The summed E-state index contributed by atoms with van der Waals surface area (Å²) < 4.78 is 0. The molecular weight excluding hydrogens is 303 g/mol. The molecule has 1 aliphatic carbocycles. The van der Waals surface area contributed by atoms with E-state index in [-0.39, 0.29) is 5.92 Å². The van der Waals surface area contributed by atoms with Crippen molar-refractivity contribution in [2.45, 2.75) is 45.8 Å². The molecule has 1 atom stereocenters. The van der Waals surface area contributed by atoms with E-state index in [2.05, 4.69) is 27.4 Å². The monoisotopic (exact) mass is 324 g/mol. The molecule has 0 bridgehead atoms. The van der Waals surface area contributed by atoms with Gasteiger partial charge < -0.3 is 9.90 Å². The average molecular weight is 323 g/mol. The molecule has 0 heterocycles. The Labute approximate surface area is 99.6 Å². The molecule has 82 valence electrons. The van der Waals surface area contributed by atoms with Gasteiger partial charge in [-0.15, -0.1) is 0 Å². The van der Waals surface area contributed by atoms with Crippen LogP contribution in [0.4, 0.5) is 0 Å². The van der Waals surface area contributed by atoms with Crippen LogP contribution in [0.15, 0.2) is 0 Å². The first kappa shape index (κ1) is 14.6. The van der Waals surface area contributed by atoms with Crippen LogP contribution in [0.5, 0.6) is 0 Å². The van der Waals surface area contributed by atoms with E-state index in [0.29, 0.717) is 0 Å². The van der Waals surface area contributed by atoms with Gasteiger partial charge in [-0.2, -0.15) is 12.6 Å². The summed E-state index contributed by atoms with van der Waals surface area (Å²) in [5.41, 5.74) is 0. The summed E-state index contributed by atoms with van der Waals surface area (Å²) in [5, 5.41) is 9.76. The van der Waals surface area contributed by atoms with Crippen LogP contribution >= 0.6 is 12.6 Å². The van der Waals surface area contributed by atoms with Crippen molar-refractivity contribution in [2.75, 3.05) is 0 Å². The number of thiol groups is 1. The summed E-state index contributed by atoms with van der Waals surface area (Å²) in [6.45, 7) is 0. The number of carboxylic acids is 1. The number of aliphatic carboxylic acids is 1. The normalized spacial score (nSPS) is 18.3. The number of carbonyl (C=O) groups excluding carboxylic acids is 1. The molecule has 2 nitrogen and oxygen atoms in total. The molecule has 14 heavy (non-hydrogen) atoms. The molecule has 0 aromatic heterocycles. The van der Waals surface area contributed by atoms with Gasteiger partial charge in [0.2, 0.25) is 0 Å². The van der Waals surface area contributed by atoms with E-state index in [1.54, 1.807) is 0 Å². The Morgan fingerprint density at radius 1 is 1.36 bits per heavy atom. The van der Waals surface area contributed by atoms with Crippen LogP contribution < -0.4 is 5.11 Å². The molecule has 0 aromatic rings. The van der Waals surface area contributed by atoms with Crippen LogP contribution in [-0.2, 0) is 4.79 Å². The molecule has 0 saturated heterocycles. The first-order chi connectivity index (χ1) is 6.45. The Kier molecular flexibility index (Phi) is 8.20. The van der Waals surface area contributed by atoms with E-state index < -0.39 is 31.0 Å². The summed E-state index contributed by atoms with van der Waals surface area (Å²) in [6, 6.07) is 0. The Balaban J connectivity index is 0.000000364. The predicted molar refractivity (Wildman–Crippen MR) is 63.1 cm³/mol. The van der Waals surface area contributed by atoms with Gasteiger partial charge in [-0.1, -0.05) is 12.8 Å². The molecule has 1 aliphatic rings. The quantitative estimate of drug-likeness (QED) is 0.619. The first-order valence-corrected chi connectivity index (χ1v) is 14.2. The third kappa shape index (κ3) is 6.98. The van der Waals surface area contributed by atoms with E-state index in [0.717, 1.165) is 25.7 Å². The van der Waals surface area contributed by atoms with Gasteiger partial charge in [-0.3, -0.25) is 0 Å². The number of rotatable bonds is 2. The van der Waals surface area contributed by atoms with Crippen molar-refractivity contribution >= 4 is 38.4 Å². The van der Waals surface area contributed by atoms with Crippen molar-refractivity contribution in [3.8, 4) is 0 Å². The van der Waals surface area contributed by atoms with Crippen LogP contribution in [0.1, 0.15) is 25.7 Å². The van der Waals surface area contributed by atoms with Crippen LogP contribution in [-0.4, -0.2) is 31.0 Å². The van der Waals surface area contributed by atoms with Gasteiger partial charge in [0.15, 0.2) is 0 Å². The summed E-state index contributed by atoms with van der Waals surface area (Å²) >= 11 is 3.41. The minimum absolute atomic E-state index is 0.258. The Bertz CT molecular complexity index is 165. The number of carbonyl (C=O) groups is 1. The Morgan fingerprint density at radius 3 is 2.00 bits per heavy atom. The maximum absolute atomic E-state index is 10.3. The molecule has 1 unspecified atom stereocenters. The van der Waals surface area contributed by atoms with Crippen molar-refractivity contribution in [2.24, 2.45) is 5.92 Å². The molecule has 0 N–H and O–H groups in total. The molecule has 0 radical (unpaired) electrons. The van der Waals surface area contributed by atoms with Gasteiger partial charge in [-0.05, 0) is 18.8 Å². The number of hydrogen-bond donors (Lipinski definition) is 1. The van der Waals surface area contributed by atoms with Gasteiger partial charge in [0.1, 0.15) is 0 Å². The maximum atomic E-state index is 10.3. The van der Waals surface area contributed by atoms with Gasteiger partial charge in [0.05, 0.1) is 5.97 Å². The van der Waals surface area contributed by atoms with Crippen LogP contribution in [0.25, 0.3) is 0 Å². The fourth-order valence-corrected chi connectivity index (χ4v) is 1.76. The summed E-state index contributed by atoms with van der Waals surface area (Å²) in [7, 11) is 0. The van der Waals surface area contributed by atoms with Crippen LogP contribution in [0.3, 0.4) is 0 Å². The second kappa shape index (κ2) is 7.85. The molecule has 0 amide bonds. The summed E-state index contributed by atoms with van der Waals surface area (Å²) in [4.78, 5) is 17.4. The Hall–Kier alpha value is 0.619. The van der Waals surface area contributed by atoms with Crippen LogP contribution in [0, 0.1) is 5.92 Å². The van der Waals surface area contributed by atoms with E-state index >= 15 is 0 Å². The SMILES string of the molecule is O=C([O-])C(S)C1CCCC1.[CH3][Sn+]([CH3])[CH3]. The van der Waals surface area contributed by atoms with E-state index in [4.69, 9.17) is 0 Å². The summed E-state index contributed by atoms with van der Waals surface area (Å²) in [5.74, 6) is -0.761. The van der Waals surface area contributed by atoms with Gasteiger partial charge >= 0.3 is 34.6 Å². The topological polar surface area (TPSA) is 40.1 Å². The van der Waals surface area contributed by atoms with E-state index in [1.807, 2.05) is 0 Å². The fraction of sp³-hybridized carbons (Fsp3) is 0.900. The third-order valence-corrected chi connectivity index (χ3v) is 2.72. The first-order valence-electron chi connectivity index (χ1n) is 5.10. The predicted octanol–water partition coefficient (Wildman–Crippen LogP) is 1.60. The number of hydrogen-bond acceptors (Lipinski definition) is 3. The minimum atomic E-state index is -1.02. The van der Waals surface area contributed by atoms with Crippen molar-refractivity contribution in [1.29, 1.82) is 0 Å². The average Bonchev–Trinajstić information content (AvgIpc) is 2.53. The molecule has 4 heteroatoms. The van der Waals surface area contributed by atoms with E-state index in [9.17, 15) is 9.90 Å². The zero-order chi connectivity index (χ0) is 11.1. The summed E-state index contributed by atoms with van der Waals surface area (Å²) in [6.07, 6.45) is 4.30. The standard InChI is InChI=1S/C7H12O2S.3CH3.Sn/c8-7(9)6(10)5-3-1-2-4-5;;;;/h5-6,10H,1-4H2,(H,8,9);3*1H3;/q;;;;+1/p-1. The molecular formula is C10H20O2SSn. The van der Waals surface area contributed by atoms with Crippen molar-refractivity contribution in [3.63, 3.8) is 0 Å². The van der Waals surface area contributed by atoms with Crippen LogP contribution in [0.2, 0.25) is 14.8 Å². The third-order valence-electron chi connectivity index (χ3n) is 2.09. The van der Waals surface area contributed by atoms with E-state index in [1.165, 1.54) is 0 Å². The molecule has 1 rings (SSSR count). The van der Waals surface area contributed by atoms with Gasteiger partial charge in [0, 0.05) is 5.25 Å². The molecule has 0 spiro atoms. The second-order valence-electron chi connectivity index (χ2n) is 4.31. The van der Waals surface area contributed by atoms with Crippen molar-refractivity contribution < 1.29 is 9.90 Å². The fourth-order valence-electron chi connectivity index (χ4n) is 1.47. The van der Waals surface area contributed by atoms with Gasteiger partial charge in [-0.25, -0.2) is 0 Å². The molecule has 1 fully saturated rings. The number of carboxylic acid groups (broad SMARTS) is 1. The zero-order valence-corrected chi connectivity index (χ0v) is 13.0. The molecule has 0 aliphatic heterocycles. The van der Waals surface area contributed by atoms with Gasteiger partial charge in [0.25, 0.3) is 0 Å². The zero-order valence-electron chi connectivity index (χ0n) is 9.25. The molecule has 1 saturated carbocycles.